The number of nitrogens with one attached hydrogen (secondary N) is 2. The van der Waals surface area contributed by atoms with Crippen LogP contribution in [0.25, 0.3) is 10.8 Å². The summed E-state index contributed by atoms with van der Waals surface area (Å²) in [4.78, 5) is 36.0. The monoisotopic (exact) mass is 622 g/mol. The predicted molar refractivity (Wildman–Crippen MR) is 159 cm³/mol. The molecule has 4 heterocycles. The highest BCUT2D eigenvalue weighted by Crippen LogP contribution is 2.49. The van der Waals surface area contributed by atoms with Gasteiger partial charge >= 0.3 is 6.09 Å². The first-order chi connectivity index (χ1) is 20.9. The minimum absolute atomic E-state index is 0.0970. The Labute approximate surface area is 251 Å². The Morgan fingerprint density at radius 2 is 1.95 bits per heavy atom. The molecule has 0 saturated carbocycles. The summed E-state index contributed by atoms with van der Waals surface area (Å²) in [6.45, 7) is 0.0154. The van der Waals surface area contributed by atoms with Crippen molar-refractivity contribution in [3.8, 4) is 0 Å². The lowest BCUT2D eigenvalue weighted by Gasteiger charge is -2.42. The number of hydrogen-bond donors (Lipinski definition) is 2. The Hall–Kier alpha value is -4.50. The summed E-state index contributed by atoms with van der Waals surface area (Å²) >= 11 is 0. The van der Waals surface area contributed by atoms with Crippen molar-refractivity contribution in [3.05, 3.63) is 106 Å². The molecule has 5 aromatic rings. The number of aromatic nitrogens is 6. The predicted octanol–water partition coefficient (Wildman–Crippen LogP) is 4.54. The molecule has 43 heavy (non-hydrogen) atoms. The summed E-state index contributed by atoms with van der Waals surface area (Å²) < 4.78 is 35.9. The third-order valence-electron chi connectivity index (χ3n) is 6.93. The van der Waals surface area contributed by atoms with Gasteiger partial charge in [-0.2, -0.15) is 10.2 Å². The summed E-state index contributed by atoms with van der Waals surface area (Å²) in [6, 6.07) is 13.3. The normalized spacial score (nSPS) is 15.9. The van der Waals surface area contributed by atoms with Crippen LogP contribution in [0, 0.1) is 11.6 Å². The van der Waals surface area contributed by atoms with Gasteiger partial charge in [-0.25, -0.2) is 28.6 Å². The highest BCUT2D eigenvalue weighted by atomic mass is 33.1. The van der Waals surface area contributed by atoms with Gasteiger partial charge in [-0.15, -0.1) is 0 Å². The minimum Gasteiger partial charge on any atom is -0.449 e. The molecular weight excluding hydrogens is 598 g/mol. The van der Waals surface area contributed by atoms with Gasteiger partial charge in [0.05, 0.1) is 35.4 Å². The van der Waals surface area contributed by atoms with Gasteiger partial charge in [0.15, 0.2) is 0 Å². The maximum atomic E-state index is 15.0. The molecule has 220 valence electrons. The van der Waals surface area contributed by atoms with Crippen LogP contribution in [-0.2, 0) is 11.8 Å². The standard InChI is InChI=1S/C28H24F2N8O3S2/c1-37-26(32-14-34-37)23-24-22-19(27(39)36-35-24)12-18(30)13-20(22)38(25(23)16-5-7-17(29)8-6-16)15-33-28(40)41-10-11-42-43-21-4-2-3-9-31-21/h2-9,12-14,23,25H,10-11,15H2,1H3,(H,33,40)(H,36,39)/t23-,25+/m0/s1. The van der Waals surface area contributed by atoms with E-state index in [1.807, 2.05) is 18.2 Å². The van der Waals surface area contributed by atoms with Gasteiger partial charge in [-0.1, -0.05) is 29.0 Å². The molecule has 15 heteroatoms. The van der Waals surface area contributed by atoms with Crippen molar-refractivity contribution in [1.82, 2.24) is 35.3 Å². The smallest absolute Gasteiger partial charge is 0.408 e. The van der Waals surface area contributed by atoms with Crippen LogP contribution in [0.2, 0.25) is 0 Å². The maximum absolute atomic E-state index is 15.0. The first-order valence-corrected chi connectivity index (χ1v) is 15.4. The number of pyridine rings is 1. The molecule has 0 spiro atoms. The minimum atomic E-state index is -0.682. The summed E-state index contributed by atoms with van der Waals surface area (Å²) in [6.07, 6.45) is 2.42. The third-order valence-corrected chi connectivity index (χ3v) is 9.16. The SMILES string of the molecule is Cn1ncnc1[C@H]1c2n[nH]c(=O)c3cc(F)cc(c23)N(CNC(=O)OCCSSc2ccccn2)[C@@H]1c1ccc(F)cc1. The number of carbonyl (C=O) groups is 1. The molecule has 11 nitrogen and oxygen atoms in total. The van der Waals surface area contributed by atoms with Crippen LogP contribution in [0.5, 0.6) is 0 Å². The number of hydrogen-bond acceptors (Lipinski definition) is 10. The molecule has 1 aliphatic heterocycles. The average molecular weight is 623 g/mol. The molecular formula is C28H24F2N8O3S2. The molecule has 6 rings (SSSR count). The number of rotatable bonds is 9. The molecule has 1 aliphatic rings. The van der Waals surface area contributed by atoms with Crippen LogP contribution in [0.15, 0.2) is 76.9 Å². The van der Waals surface area contributed by atoms with Gasteiger partial charge < -0.3 is 15.0 Å². The van der Waals surface area contributed by atoms with Crippen molar-refractivity contribution in [1.29, 1.82) is 0 Å². The van der Waals surface area contributed by atoms with Gasteiger partial charge in [0.25, 0.3) is 5.56 Å². The molecule has 0 aliphatic carbocycles. The Morgan fingerprint density at radius 1 is 1.12 bits per heavy atom. The lowest BCUT2D eigenvalue weighted by molar-refractivity contribution is 0.153. The van der Waals surface area contributed by atoms with Crippen LogP contribution in [0.1, 0.15) is 29.0 Å². The first kappa shape index (κ1) is 28.6. The van der Waals surface area contributed by atoms with E-state index in [0.29, 0.717) is 33.9 Å². The number of alkyl carbamates (subject to hydrolysis) is 1. The zero-order valence-electron chi connectivity index (χ0n) is 22.6. The molecule has 3 aromatic heterocycles. The van der Waals surface area contributed by atoms with Crippen LogP contribution < -0.4 is 15.8 Å². The van der Waals surface area contributed by atoms with Gasteiger partial charge in [0.1, 0.15) is 35.4 Å². The number of aromatic amines is 1. The highest BCUT2D eigenvalue weighted by molar-refractivity contribution is 8.76. The van der Waals surface area contributed by atoms with E-state index < -0.39 is 35.2 Å². The maximum Gasteiger partial charge on any atom is 0.408 e. The van der Waals surface area contributed by atoms with Crippen LogP contribution in [-0.4, -0.2) is 55.1 Å². The quantitative estimate of drug-likeness (QED) is 0.178. The van der Waals surface area contributed by atoms with E-state index in [9.17, 15) is 18.4 Å². The number of amides is 1. The number of H-pyrrole nitrogens is 1. The van der Waals surface area contributed by atoms with E-state index in [-0.39, 0.29) is 18.7 Å². The lowest BCUT2D eigenvalue weighted by Crippen LogP contribution is -2.45. The van der Waals surface area contributed by atoms with Crippen molar-refractivity contribution in [2.45, 2.75) is 17.0 Å². The molecule has 2 aromatic carbocycles. The second-order valence-electron chi connectivity index (χ2n) is 9.52. The zero-order chi connectivity index (χ0) is 29.9. The van der Waals surface area contributed by atoms with Gasteiger partial charge in [-0.3, -0.25) is 9.48 Å². The van der Waals surface area contributed by atoms with E-state index >= 15 is 0 Å². The number of aryl methyl sites for hydroxylation is 1. The molecule has 0 saturated heterocycles. The Bertz CT molecular complexity index is 1820. The van der Waals surface area contributed by atoms with Crippen LogP contribution >= 0.6 is 21.6 Å². The fraction of sp³-hybridized carbons (Fsp3) is 0.214. The fourth-order valence-electron chi connectivity index (χ4n) is 5.13. The van der Waals surface area contributed by atoms with Crippen LogP contribution in [0.3, 0.4) is 0 Å². The van der Waals surface area contributed by atoms with Crippen molar-refractivity contribution in [3.63, 3.8) is 0 Å². The van der Waals surface area contributed by atoms with Gasteiger partial charge in [-0.05, 0) is 52.8 Å². The number of anilines is 1. The van der Waals surface area contributed by atoms with E-state index in [1.165, 1.54) is 46.1 Å². The Kier molecular flexibility index (Phi) is 8.24. The highest BCUT2D eigenvalue weighted by Gasteiger charge is 2.42. The zero-order valence-corrected chi connectivity index (χ0v) is 24.2. The van der Waals surface area contributed by atoms with E-state index in [1.54, 1.807) is 35.0 Å². The van der Waals surface area contributed by atoms with Crippen molar-refractivity contribution < 1.29 is 18.3 Å². The van der Waals surface area contributed by atoms with E-state index in [2.05, 4.69) is 30.6 Å². The summed E-state index contributed by atoms with van der Waals surface area (Å²) in [5.41, 5.74) is 0.851. The Balaban J connectivity index is 1.32. The average Bonchev–Trinajstić information content (AvgIpc) is 3.43. The largest absolute Gasteiger partial charge is 0.449 e. The molecule has 0 radical (unpaired) electrons. The molecule has 1 amide bonds. The second kappa shape index (κ2) is 12.4. The van der Waals surface area contributed by atoms with Crippen molar-refractivity contribution in [2.24, 2.45) is 7.05 Å². The van der Waals surface area contributed by atoms with Crippen LogP contribution in [0.4, 0.5) is 19.3 Å². The van der Waals surface area contributed by atoms with Gasteiger partial charge in [0, 0.05) is 24.4 Å². The summed E-state index contributed by atoms with van der Waals surface area (Å²) in [5.74, 6) is -0.696. The number of benzene rings is 2. The topological polar surface area (TPSA) is 131 Å². The lowest BCUT2D eigenvalue weighted by atomic mass is 9.82. The molecule has 2 N–H and O–H groups in total. The number of halogens is 2. The molecule has 2 atom stereocenters. The fourth-order valence-corrected chi connectivity index (χ4v) is 6.84. The number of ether oxygens (including phenoxy) is 1. The summed E-state index contributed by atoms with van der Waals surface area (Å²) in [7, 11) is 4.69. The Morgan fingerprint density at radius 3 is 2.70 bits per heavy atom. The molecule has 0 unspecified atom stereocenters. The van der Waals surface area contributed by atoms with Crippen molar-refractivity contribution in [2.75, 3.05) is 23.9 Å². The number of nitrogens with zero attached hydrogens (tertiary/aromatic N) is 6. The third kappa shape index (κ3) is 5.90. The molecule has 0 fully saturated rings. The van der Waals surface area contributed by atoms with E-state index in [4.69, 9.17) is 4.74 Å². The second-order valence-corrected chi connectivity index (χ2v) is 12.0. The number of carbonyl (C=O) groups excluding carboxylic acids is 1. The van der Waals surface area contributed by atoms with Gasteiger partial charge in [0.2, 0.25) is 0 Å². The van der Waals surface area contributed by atoms with Crippen molar-refractivity contribution >= 4 is 44.1 Å². The summed E-state index contributed by atoms with van der Waals surface area (Å²) in [5, 5.41) is 15.2. The molecule has 0 bridgehead atoms. The first-order valence-electron chi connectivity index (χ1n) is 13.1. The van der Waals surface area contributed by atoms with E-state index in [0.717, 1.165) is 11.1 Å².